The zero-order chi connectivity index (χ0) is 24.6. The summed E-state index contributed by atoms with van der Waals surface area (Å²) in [6.45, 7) is 7.45. The Labute approximate surface area is 209 Å². The number of benzene rings is 1. The van der Waals surface area contributed by atoms with Crippen molar-refractivity contribution in [3.63, 3.8) is 0 Å². The number of hydrogen-bond donors (Lipinski definition) is 0. The fraction of sp³-hybridized carbons (Fsp3) is 0.360. The molecule has 2 aromatic rings. The lowest BCUT2D eigenvalue weighted by Crippen LogP contribution is -2.46. The van der Waals surface area contributed by atoms with E-state index in [0.29, 0.717) is 21.3 Å². The van der Waals surface area contributed by atoms with E-state index in [1.807, 2.05) is 31.2 Å². The minimum Gasteiger partial charge on any atom is -0.355 e. The molecule has 0 unspecified atom stereocenters. The van der Waals surface area contributed by atoms with Gasteiger partial charge in [-0.25, -0.2) is 0 Å². The predicted molar refractivity (Wildman–Crippen MR) is 141 cm³/mol. The monoisotopic (exact) mass is 493 g/mol. The molecule has 3 heterocycles. The number of nitrogens with zero attached hydrogens (tertiary/aromatic N) is 5. The first-order valence-corrected chi connectivity index (χ1v) is 12.3. The van der Waals surface area contributed by atoms with E-state index in [-0.39, 0.29) is 17.0 Å². The number of nitriles is 1. The van der Waals surface area contributed by atoms with E-state index in [4.69, 9.17) is 12.2 Å². The Hall–Kier alpha value is -2.93. The zero-order valence-electron chi connectivity index (χ0n) is 19.8. The highest BCUT2D eigenvalue weighted by Crippen LogP contribution is 2.36. The number of aryl methyl sites for hydroxylation is 1. The quantitative estimate of drug-likeness (QED) is 0.479. The van der Waals surface area contributed by atoms with Gasteiger partial charge in [0.25, 0.3) is 11.5 Å². The molecule has 176 valence electrons. The van der Waals surface area contributed by atoms with Crippen LogP contribution in [-0.2, 0) is 18.4 Å². The number of anilines is 1. The summed E-state index contributed by atoms with van der Waals surface area (Å²) in [4.78, 5) is 32.8. The second-order valence-corrected chi connectivity index (χ2v) is 10.4. The molecule has 1 aromatic heterocycles. The molecule has 0 saturated carbocycles. The number of thioether (sulfide) groups is 1. The second-order valence-electron chi connectivity index (χ2n) is 8.76. The highest BCUT2D eigenvalue weighted by Gasteiger charge is 2.33. The number of aromatic nitrogens is 1. The molecule has 0 spiro atoms. The van der Waals surface area contributed by atoms with Gasteiger partial charge in [0, 0.05) is 38.8 Å². The van der Waals surface area contributed by atoms with Crippen molar-refractivity contribution in [2.45, 2.75) is 20.4 Å². The first-order valence-electron chi connectivity index (χ1n) is 11.1. The van der Waals surface area contributed by atoms with Crippen LogP contribution in [0.4, 0.5) is 5.82 Å². The van der Waals surface area contributed by atoms with E-state index in [0.717, 1.165) is 48.7 Å². The van der Waals surface area contributed by atoms with Crippen LogP contribution in [-0.4, -0.2) is 57.8 Å². The number of piperazine rings is 1. The summed E-state index contributed by atoms with van der Waals surface area (Å²) in [7, 11) is 3.76. The van der Waals surface area contributed by atoms with Gasteiger partial charge in [-0.2, -0.15) is 5.26 Å². The van der Waals surface area contributed by atoms with Crippen molar-refractivity contribution >= 4 is 46.1 Å². The topological polar surface area (TPSA) is 72.6 Å². The maximum absolute atomic E-state index is 13.3. The Morgan fingerprint density at radius 1 is 1.09 bits per heavy atom. The summed E-state index contributed by atoms with van der Waals surface area (Å²) in [6, 6.07) is 10.1. The molecule has 4 rings (SSSR count). The van der Waals surface area contributed by atoms with Crippen molar-refractivity contribution in [1.29, 1.82) is 5.26 Å². The van der Waals surface area contributed by atoms with Gasteiger partial charge in [0.1, 0.15) is 21.8 Å². The first kappa shape index (κ1) is 24.2. The molecular formula is C25H27N5O2S2. The van der Waals surface area contributed by atoms with Crippen LogP contribution in [0.25, 0.3) is 6.08 Å². The smallest absolute Gasteiger partial charge is 0.270 e. The lowest BCUT2D eigenvalue weighted by Gasteiger charge is -2.36. The van der Waals surface area contributed by atoms with Crippen LogP contribution in [0.5, 0.6) is 0 Å². The van der Waals surface area contributed by atoms with Crippen LogP contribution in [0.2, 0.25) is 0 Å². The Kier molecular flexibility index (Phi) is 6.94. The maximum atomic E-state index is 13.3. The largest absolute Gasteiger partial charge is 0.355 e. The minimum absolute atomic E-state index is 0.0989. The minimum atomic E-state index is -0.321. The van der Waals surface area contributed by atoms with Crippen molar-refractivity contribution in [1.82, 2.24) is 14.4 Å². The van der Waals surface area contributed by atoms with Crippen molar-refractivity contribution in [2.24, 2.45) is 7.05 Å². The van der Waals surface area contributed by atoms with Crippen LogP contribution < -0.4 is 10.5 Å². The van der Waals surface area contributed by atoms with Gasteiger partial charge in [-0.1, -0.05) is 53.8 Å². The molecule has 0 bridgehead atoms. The molecule has 7 nitrogen and oxygen atoms in total. The molecule has 0 radical (unpaired) electrons. The van der Waals surface area contributed by atoms with Gasteiger partial charge in [-0.15, -0.1) is 0 Å². The average molecular weight is 494 g/mol. The summed E-state index contributed by atoms with van der Waals surface area (Å²) in [5.41, 5.74) is 3.25. The number of thiocarbonyl (C=S) groups is 1. The third-order valence-electron chi connectivity index (χ3n) is 6.38. The van der Waals surface area contributed by atoms with Crippen molar-refractivity contribution in [2.75, 3.05) is 38.1 Å². The van der Waals surface area contributed by atoms with Crippen molar-refractivity contribution < 1.29 is 4.79 Å². The second kappa shape index (κ2) is 9.74. The van der Waals surface area contributed by atoms with Crippen LogP contribution in [0.1, 0.15) is 27.8 Å². The molecule has 1 aromatic carbocycles. The summed E-state index contributed by atoms with van der Waals surface area (Å²) in [5, 5.41) is 9.66. The summed E-state index contributed by atoms with van der Waals surface area (Å²) < 4.78 is 2.04. The number of likely N-dealkylation sites (N-methyl/N-ethyl adjacent to an activating group) is 1. The fourth-order valence-corrected chi connectivity index (χ4v) is 5.49. The van der Waals surface area contributed by atoms with Gasteiger partial charge in [-0.05, 0) is 38.1 Å². The van der Waals surface area contributed by atoms with E-state index >= 15 is 0 Å². The standard InChI is InChI=1S/C25H27N5O2S2/c1-16-5-7-18(8-6-16)15-30-24(32)21(34-25(30)33)13-19-17(2)20(14-26)23(31)28(4)22(19)29-11-9-27(3)10-12-29/h5-8,13H,9-12,15H2,1-4H3. The summed E-state index contributed by atoms with van der Waals surface area (Å²) in [6.07, 6.45) is 1.80. The van der Waals surface area contributed by atoms with Crippen LogP contribution in [0.15, 0.2) is 34.0 Å². The fourth-order valence-electron chi connectivity index (χ4n) is 4.26. The van der Waals surface area contributed by atoms with Gasteiger partial charge < -0.3 is 9.80 Å². The summed E-state index contributed by atoms with van der Waals surface area (Å²) >= 11 is 6.80. The summed E-state index contributed by atoms with van der Waals surface area (Å²) in [5.74, 6) is 0.574. The van der Waals surface area contributed by atoms with Gasteiger partial charge in [-0.3, -0.25) is 19.1 Å². The molecular weight excluding hydrogens is 466 g/mol. The number of carbonyl (C=O) groups is 1. The molecule has 2 fully saturated rings. The van der Waals surface area contributed by atoms with Crippen LogP contribution in [0, 0.1) is 25.2 Å². The number of amides is 1. The number of rotatable bonds is 4. The van der Waals surface area contributed by atoms with Gasteiger partial charge in [0.15, 0.2) is 0 Å². The Balaban J connectivity index is 1.75. The van der Waals surface area contributed by atoms with Gasteiger partial charge in [0.05, 0.1) is 11.4 Å². The molecule has 1 amide bonds. The SMILES string of the molecule is Cc1ccc(CN2C(=O)C(=Cc3c(C)c(C#N)c(=O)n(C)c3N3CCN(C)CC3)SC2=S)cc1. The molecule has 9 heteroatoms. The van der Waals surface area contributed by atoms with E-state index in [1.54, 1.807) is 24.9 Å². The van der Waals surface area contributed by atoms with Gasteiger partial charge in [0.2, 0.25) is 0 Å². The molecule has 2 aliphatic rings. The average Bonchev–Trinajstić information content (AvgIpc) is 3.07. The lowest BCUT2D eigenvalue weighted by atomic mass is 10.0. The molecule has 34 heavy (non-hydrogen) atoms. The van der Waals surface area contributed by atoms with Crippen molar-refractivity contribution in [3.8, 4) is 6.07 Å². The molecule has 2 saturated heterocycles. The third-order valence-corrected chi connectivity index (χ3v) is 7.76. The molecule has 0 atom stereocenters. The predicted octanol–water partition coefficient (Wildman–Crippen LogP) is 3.03. The van der Waals surface area contributed by atoms with E-state index in [1.165, 1.54) is 16.3 Å². The Morgan fingerprint density at radius 3 is 2.35 bits per heavy atom. The highest BCUT2D eigenvalue weighted by molar-refractivity contribution is 8.26. The Bertz CT molecular complexity index is 1280. The van der Waals surface area contributed by atoms with E-state index in [2.05, 4.69) is 22.9 Å². The zero-order valence-corrected chi connectivity index (χ0v) is 21.4. The van der Waals surface area contributed by atoms with Gasteiger partial charge >= 0.3 is 0 Å². The molecule has 2 aliphatic heterocycles. The number of pyridine rings is 1. The number of hydrogen-bond acceptors (Lipinski definition) is 7. The Morgan fingerprint density at radius 2 is 1.74 bits per heavy atom. The van der Waals surface area contributed by atoms with Crippen LogP contribution >= 0.6 is 24.0 Å². The highest BCUT2D eigenvalue weighted by atomic mass is 32.2. The molecule has 0 aliphatic carbocycles. The van der Waals surface area contributed by atoms with E-state index in [9.17, 15) is 14.9 Å². The first-order chi connectivity index (χ1) is 16.2. The maximum Gasteiger partial charge on any atom is 0.270 e. The third kappa shape index (κ3) is 4.53. The van der Waals surface area contributed by atoms with Crippen LogP contribution in [0.3, 0.4) is 0 Å². The van der Waals surface area contributed by atoms with Crippen molar-refractivity contribution in [3.05, 3.63) is 67.3 Å². The molecule has 0 N–H and O–H groups in total. The number of carbonyl (C=O) groups excluding carboxylic acids is 1. The lowest BCUT2D eigenvalue weighted by molar-refractivity contribution is -0.122. The normalized spacial score (nSPS) is 18.1. The van der Waals surface area contributed by atoms with E-state index < -0.39 is 0 Å².